The summed E-state index contributed by atoms with van der Waals surface area (Å²) >= 11 is 0. The van der Waals surface area contributed by atoms with E-state index < -0.39 is 23.7 Å². The highest BCUT2D eigenvalue weighted by Crippen LogP contribution is 2.36. The molecule has 0 radical (unpaired) electrons. The fourth-order valence-corrected chi connectivity index (χ4v) is 6.67. The van der Waals surface area contributed by atoms with E-state index in [0.29, 0.717) is 32.2 Å². The van der Waals surface area contributed by atoms with Gasteiger partial charge in [0.15, 0.2) is 0 Å². The molecule has 3 N–H and O–H groups in total. The summed E-state index contributed by atoms with van der Waals surface area (Å²) in [7, 11) is 1.67. The van der Waals surface area contributed by atoms with Crippen LogP contribution in [0.15, 0.2) is 18.2 Å². The molecule has 0 saturated carbocycles. The number of fused-ring (bicyclic) bond motifs is 2. The number of carbonyl (C=O) groups is 4. The van der Waals surface area contributed by atoms with Crippen LogP contribution >= 0.6 is 0 Å². The van der Waals surface area contributed by atoms with Crippen LogP contribution in [0, 0.1) is 11.7 Å². The Morgan fingerprint density at radius 1 is 1.07 bits per heavy atom. The normalized spacial score (nSPS) is 26.5. The van der Waals surface area contributed by atoms with Crippen LogP contribution in [0.1, 0.15) is 90.3 Å². The van der Waals surface area contributed by atoms with Crippen molar-refractivity contribution in [3.05, 3.63) is 35.1 Å². The molecule has 5 atom stereocenters. The zero-order valence-corrected chi connectivity index (χ0v) is 25.3. The number of carbonyl (C=O) groups excluding carboxylic acids is 4. The molecule has 226 valence electrons. The third kappa shape index (κ3) is 6.42. The molecular weight excluding hydrogens is 525 g/mol. The number of nitrogens with one attached hydrogen (secondary N) is 3. The second-order valence-electron chi connectivity index (χ2n) is 12.8. The summed E-state index contributed by atoms with van der Waals surface area (Å²) in [6.07, 6.45) is 4.39. The lowest BCUT2D eigenvalue weighted by Crippen LogP contribution is -2.70. The van der Waals surface area contributed by atoms with Gasteiger partial charge < -0.3 is 25.8 Å². The Labute approximate surface area is 243 Å². The standard InChI is InChI=1S/C31H46FN5O4/c1-18(2)16-26(38)36-15-14-22-11-13-25(29(40)34-24-9-7-8-20-17-21(32)10-12-23(20)24)37(22)30(41)27(31(36,4)5)35-28(39)19(3)33-6/h10,12,17-19,22,24-25,27,33H,7-9,11,13-16H2,1-6H3,(H,34,40)(H,35,39)/t19-,22+,24?,25-,27+/m0/s1. The molecule has 1 unspecified atom stereocenters. The van der Waals surface area contributed by atoms with Crippen LogP contribution in [0.25, 0.3) is 0 Å². The number of benzene rings is 1. The van der Waals surface area contributed by atoms with Crippen LogP contribution in [0.3, 0.4) is 0 Å². The van der Waals surface area contributed by atoms with Crippen molar-refractivity contribution >= 4 is 23.6 Å². The van der Waals surface area contributed by atoms with Crippen molar-refractivity contribution in [3.8, 4) is 0 Å². The van der Waals surface area contributed by atoms with E-state index in [-0.39, 0.29) is 47.4 Å². The van der Waals surface area contributed by atoms with Gasteiger partial charge in [-0.1, -0.05) is 19.9 Å². The van der Waals surface area contributed by atoms with Gasteiger partial charge in [0.2, 0.25) is 23.6 Å². The van der Waals surface area contributed by atoms with E-state index in [1.165, 1.54) is 12.1 Å². The molecule has 0 spiro atoms. The lowest BCUT2D eigenvalue weighted by molar-refractivity contribution is -0.154. The second-order valence-corrected chi connectivity index (χ2v) is 12.8. The Hall–Kier alpha value is -3.01. The number of halogens is 1. The maximum atomic E-state index is 14.4. The van der Waals surface area contributed by atoms with Gasteiger partial charge in [-0.15, -0.1) is 0 Å². The van der Waals surface area contributed by atoms with Crippen molar-refractivity contribution in [2.45, 2.75) is 115 Å². The smallest absolute Gasteiger partial charge is 0.248 e. The number of nitrogens with zero attached hydrogens (tertiary/aromatic N) is 2. The first-order valence-electron chi connectivity index (χ1n) is 15.0. The zero-order valence-electron chi connectivity index (χ0n) is 25.3. The fraction of sp³-hybridized carbons (Fsp3) is 0.677. The molecule has 3 aliphatic rings. The first-order chi connectivity index (χ1) is 19.3. The van der Waals surface area contributed by atoms with Crippen LogP contribution in [-0.4, -0.2) is 76.7 Å². The van der Waals surface area contributed by atoms with Gasteiger partial charge in [-0.25, -0.2) is 4.39 Å². The summed E-state index contributed by atoms with van der Waals surface area (Å²) in [5, 5.41) is 9.00. The minimum absolute atomic E-state index is 0.0492. The Bertz CT molecular complexity index is 1170. The molecule has 9 nitrogen and oxygen atoms in total. The summed E-state index contributed by atoms with van der Waals surface area (Å²) < 4.78 is 13.8. The van der Waals surface area contributed by atoms with Crippen molar-refractivity contribution in [2.75, 3.05) is 13.6 Å². The van der Waals surface area contributed by atoms with Crippen molar-refractivity contribution in [1.82, 2.24) is 25.8 Å². The van der Waals surface area contributed by atoms with Crippen molar-refractivity contribution in [3.63, 3.8) is 0 Å². The zero-order chi connectivity index (χ0) is 30.1. The molecule has 10 heteroatoms. The number of hydrogen-bond donors (Lipinski definition) is 3. The monoisotopic (exact) mass is 571 g/mol. The van der Waals surface area contributed by atoms with Crippen molar-refractivity contribution in [1.29, 1.82) is 0 Å². The van der Waals surface area contributed by atoms with E-state index in [1.54, 1.807) is 29.8 Å². The van der Waals surface area contributed by atoms with Gasteiger partial charge in [-0.05, 0) is 95.5 Å². The summed E-state index contributed by atoms with van der Waals surface area (Å²) in [6, 6.07) is 1.96. The minimum atomic E-state index is -1.03. The van der Waals surface area contributed by atoms with E-state index >= 15 is 0 Å². The van der Waals surface area contributed by atoms with Crippen LogP contribution in [0.4, 0.5) is 4.39 Å². The molecule has 2 saturated heterocycles. The largest absolute Gasteiger partial charge is 0.347 e. The van der Waals surface area contributed by atoms with Gasteiger partial charge >= 0.3 is 0 Å². The van der Waals surface area contributed by atoms with Gasteiger partial charge in [0.1, 0.15) is 17.9 Å². The quantitative estimate of drug-likeness (QED) is 0.466. The highest BCUT2D eigenvalue weighted by atomic mass is 19.1. The third-order valence-electron chi connectivity index (χ3n) is 9.13. The molecule has 1 aliphatic carbocycles. The summed E-state index contributed by atoms with van der Waals surface area (Å²) in [4.78, 5) is 58.1. The van der Waals surface area contributed by atoms with E-state index in [2.05, 4.69) is 16.0 Å². The van der Waals surface area contributed by atoms with Gasteiger partial charge in [0, 0.05) is 19.0 Å². The average molecular weight is 572 g/mol. The summed E-state index contributed by atoms with van der Waals surface area (Å²) in [5.41, 5.74) is 0.807. The van der Waals surface area contributed by atoms with Gasteiger partial charge in [0.25, 0.3) is 0 Å². The number of hydrogen-bond acceptors (Lipinski definition) is 5. The van der Waals surface area contributed by atoms with E-state index in [1.807, 2.05) is 27.7 Å². The fourth-order valence-electron chi connectivity index (χ4n) is 6.67. The van der Waals surface area contributed by atoms with E-state index in [0.717, 1.165) is 30.4 Å². The predicted molar refractivity (Wildman–Crippen MR) is 154 cm³/mol. The predicted octanol–water partition coefficient (Wildman–Crippen LogP) is 2.83. The third-order valence-corrected chi connectivity index (χ3v) is 9.13. The highest BCUT2D eigenvalue weighted by molar-refractivity contribution is 5.95. The van der Waals surface area contributed by atoms with Crippen molar-refractivity contribution < 1.29 is 23.6 Å². The van der Waals surface area contributed by atoms with Crippen LogP contribution in [0.2, 0.25) is 0 Å². The molecule has 0 aromatic heterocycles. The second kappa shape index (κ2) is 12.5. The number of likely N-dealkylation sites (N-methyl/N-ethyl adjacent to an activating group) is 1. The van der Waals surface area contributed by atoms with Gasteiger partial charge in [-0.2, -0.15) is 0 Å². The molecule has 4 rings (SSSR count). The topological polar surface area (TPSA) is 111 Å². The van der Waals surface area contributed by atoms with Crippen LogP contribution < -0.4 is 16.0 Å². The Morgan fingerprint density at radius 3 is 2.49 bits per heavy atom. The van der Waals surface area contributed by atoms with Gasteiger partial charge in [0.05, 0.1) is 17.6 Å². The van der Waals surface area contributed by atoms with E-state index in [4.69, 9.17) is 0 Å². The van der Waals surface area contributed by atoms with Crippen LogP contribution in [-0.2, 0) is 25.6 Å². The number of amides is 4. The SMILES string of the molecule is CN[C@@H](C)C(=O)N[C@@H]1C(=O)N2[C@H](CC[C@H]2C(=O)NC2CCCc3cc(F)ccc32)CCN(C(=O)CC(C)C)C1(C)C. The lowest BCUT2D eigenvalue weighted by atomic mass is 9.87. The number of aryl methyl sites for hydroxylation is 1. The molecule has 1 aromatic carbocycles. The molecule has 41 heavy (non-hydrogen) atoms. The van der Waals surface area contributed by atoms with Gasteiger partial charge in [-0.3, -0.25) is 19.2 Å². The molecule has 0 bridgehead atoms. The minimum Gasteiger partial charge on any atom is -0.347 e. The molecule has 4 amide bonds. The molecule has 2 aliphatic heterocycles. The summed E-state index contributed by atoms with van der Waals surface area (Å²) in [5.74, 6) is -1.12. The average Bonchev–Trinajstić information content (AvgIpc) is 3.33. The van der Waals surface area contributed by atoms with Crippen LogP contribution in [0.5, 0.6) is 0 Å². The molecular formula is C31H46FN5O4. The molecule has 1 aromatic rings. The Balaban J connectivity index is 1.63. The Morgan fingerprint density at radius 2 is 1.80 bits per heavy atom. The maximum Gasteiger partial charge on any atom is 0.248 e. The Kier molecular flexibility index (Phi) is 9.41. The summed E-state index contributed by atoms with van der Waals surface area (Å²) in [6.45, 7) is 9.74. The lowest BCUT2D eigenvalue weighted by Gasteiger charge is -2.49. The molecule has 2 fully saturated rings. The van der Waals surface area contributed by atoms with Crippen molar-refractivity contribution in [2.24, 2.45) is 5.92 Å². The maximum absolute atomic E-state index is 14.4. The number of rotatable bonds is 7. The first kappa shape index (κ1) is 30.9. The first-order valence-corrected chi connectivity index (χ1v) is 15.0. The van der Waals surface area contributed by atoms with E-state index in [9.17, 15) is 23.6 Å². The highest BCUT2D eigenvalue weighted by Gasteiger charge is 2.52. The molecule has 2 heterocycles.